The highest BCUT2D eigenvalue weighted by Gasteiger charge is 2.09. The maximum Gasteiger partial charge on any atom is 0.251 e. The molecule has 0 spiro atoms. The molecular weight excluding hydrogens is 274 g/mol. The van der Waals surface area contributed by atoms with Crippen molar-refractivity contribution in [3.05, 3.63) is 65.0 Å². The van der Waals surface area contributed by atoms with Gasteiger partial charge < -0.3 is 9.88 Å². The van der Waals surface area contributed by atoms with Crippen LogP contribution in [-0.2, 0) is 13.6 Å². The van der Waals surface area contributed by atoms with Crippen LogP contribution in [-0.4, -0.2) is 15.5 Å². The van der Waals surface area contributed by atoms with Gasteiger partial charge in [0.05, 0.1) is 11.0 Å². The van der Waals surface area contributed by atoms with E-state index < -0.39 is 0 Å². The van der Waals surface area contributed by atoms with Gasteiger partial charge in [0, 0.05) is 19.2 Å². The van der Waals surface area contributed by atoms with Gasteiger partial charge in [-0.05, 0) is 37.6 Å². The number of aryl methyl sites for hydroxylation is 3. The van der Waals surface area contributed by atoms with Gasteiger partial charge in [-0.2, -0.15) is 0 Å². The summed E-state index contributed by atoms with van der Waals surface area (Å²) in [5, 5.41) is 2.95. The summed E-state index contributed by atoms with van der Waals surface area (Å²) in [6, 6.07) is 13.8. The molecule has 1 heterocycles. The van der Waals surface area contributed by atoms with Gasteiger partial charge in [0.25, 0.3) is 5.91 Å². The van der Waals surface area contributed by atoms with Gasteiger partial charge in [-0.15, -0.1) is 0 Å². The number of hydrogen-bond acceptors (Lipinski definition) is 2. The molecule has 0 aliphatic heterocycles. The Morgan fingerprint density at radius 2 is 1.86 bits per heavy atom. The van der Waals surface area contributed by atoms with Crippen molar-refractivity contribution in [2.75, 3.05) is 0 Å². The summed E-state index contributed by atoms with van der Waals surface area (Å²) in [7, 11) is 1.97. The van der Waals surface area contributed by atoms with Crippen molar-refractivity contribution >= 4 is 16.9 Å². The fourth-order valence-electron chi connectivity index (χ4n) is 2.45. The zero-order chi connectivity index (χ0) is 15.7. The summed E-state index contributed by atoms with van der Waals surface area (Å²) in [5.74, 6) is 0.859. The monoisotopic (exact) mass is 293 g/mol. The number of amides is 1. The molecule has 3 aromatic rings. The third kappa shape index (κ3) is 2.72. The van der Waals surface area contributed by atoms with Gasteiger partial charge >= 0.3 is 0 Å². The molecule has 0 saturated heterocycles. The van der Waals surface area contributed by atoms with E-state index >= 15 is 0 Å². The van der Waals surface area contributed by atoms with E-state index in [1.807, 2.05) is 67.9 Å². The molecule has 0 unspecified atom stereocenters. The first-order valence-corrected chi connectivity index (χ1v) is 7.31. The third-order valence-corrected chi connectivity index (χ3v) is 3.94. The van der Waals surface area contributed by atoms with E-state index in [4.69, 9.17) is 0 Å². The minimum atomic E-state index is -0.0780. The Balaban J connectivity index is 1.75. The summed E-state index contributed by atoms with van der Waals surface area (Å²) >= 11 is 0. The Morgan fingerprint density at radius 3 is 2.59 bits per heavy atom. The first kappa shape index (κ1) is 14.3. The van der Waals surface area contributed by atoms with Crippen LogP contribution < -0.4 is 5.32 Å². The summed E-state index contributed by atoms with van der Waals surface area (Å²) in [6.07, 6.45) is 0. The summed E-state index contributed by atoms with van der Waals surface area (Å²) in [6.45, 7) is 4.53. The SMILES string of the molecule is Cc1ccc(CNC(=O)c2ccc3c(c2)nc(C)n3C)cc1. The van der Waals surface area contributed by atoms with Crippen molar-refractivity contribution in [3.8, 4) is 0 Å². The van der Waals surface area contributed by atoms with Crippen molar-refractivity contribution < 1.29 is 4.79 Å². The van der Waals surface area contributed by atoms with Crippen LogP contribution in [0.2, 0.25) is 0 Å². The van der Waals surface area contributed by atoms with Crippen LogP contribution in [0.1, 0.15) is 27.3 Å². The lowest BCUT2D eigenvalue weighted by Gasteiger charge is -2.06. The van der Waals surface area contributed by atoms with E-state index in [2.05, 4.69) is 10.3 Å². The molecule has 0 fully saturated rings. The Morgan fingerprint density at radius 1 is 1.14 bits per heavy atom. The molecule has 4 nitrogen and oxygen atoms in total. The predicted octanol–water partition coefficient (Wildman–Crippen LogP) is 3.12. The number of carbonyl (C=O) groups excluding carboxylic acids is 1. The van der Waals surface area contributed by atoms with Crippen LogP contribution >= 0.6 is 0 Å². The van der Waals surface area contributed by atoms with Crippen molar-refractivity contribution in [1.29, 1.82) is 0 Å². The van der Waals surface area contributed by atoms with Crippen molar-refractivity contribution in [2.45, 2.75) is 20.4 Å². The fraction of sp³-hybridized carbons (Fsp3) is 0.222. The van der Waals surface area contributed by atoms with Crippen LogP contribution in [0.15, 0.2) is 42.5 Å². The van der Waals surface area contributed by atoms with Crippen LogP contribution in [0, 0.1) is 13.8 Å². The second kappa shape index (κ2) is 5.64. The largest absolute Gasteiger partial charge is 0.348 e. The Bertz CT molecular complexity index is 831. The highest BCUT2D eigenvalue weighted by Crippen LogP contribution is 2.16. The molecule has 0 aliphatic carbocycles. The number of carbonyl (C=O) groups is 1. The van der Waals surface area contributed by atoms with Gasteiger partial charge in [-0.3, -0.25) is 4.79 Å². The molecule has 112 valence electrons. The molecular formula is C18H19N3O. The highest BCUT2D eigenvalue weighted by molar-refractivity contribution is 5.97. The Kier molecular flexibility index (Phi) is 3.67. The predicted molar refractivity (Wildman–Crippen MR) is 87.8 cm³/mol. The van der Waals surface area contributed by atoms with E-state index in [0.29, 0.717) is 12.1 Å². The van der Waals surface area contributed by atoms with E-state index in [9.17, 15) is 4.79 Å². The number of nitrogens with zero attached hydrogens (tertiary/aromatic N) is 2. The number of aromatic nitrogens is 2. The second-order valence-electron chi connectivity index (χ2n) is 5.59. The lowest BCUT2D eigenvalue weighted by atomic mass is 10.1. The number of hydrogen-bond donors (Lipinski definition) is 1. The van der Waals surface area contributed by atoms with Gasteiger partial charge in [0.15, 0.2) is 0 Å². The van der Waals surface area contributed by atoms with E-state index in [-0.39, 0.29) is 5.91 Å². The molecule has 4 heteroatoms. The molecule has 0 radical (unpaired) electrons. The number of nitrogens with one attached hydrogen (secondary N) is 1. The normalized spacial score (nSPS) is 10.9. The van der Waals surface area contributed by atoms with Crippen LogP contribution in [0.4, 0.5) is 0 Å². The lowest BCUT2D eigenvalue weighted by molar-refractivity contribution is 0.0951. The quantitative estimate of drug-likeness (QED) is 0.806. The Labute approximate surface area is 129 Å². The minimum absolute atomic E-state index is 0.0780. The standard InChI is InChI=1S/C18H19N3O/c1-12-4-6-14(7-5-12)11-19-18(22)15-8-9-17-16(10-15)20-13(2)21(17)3/h4-10H,11H2,1-3H3,(H,19,22). The highest BCUT2D eigenvalue weighted by atomic mass is 16.1. The summed E-state index contributed by atoms with van der Waals surface area (Å²) < 4.78 is 2.02. The first-order valence-electron chi connectivity index (χ1n) is 7.31. The summed E-state index contributed by atoms with van der Waals surface area (Å²) in [4.78, 5) is 16.7. The minimum Gasteiger partial charge on any atom is -0.348 e. The lowest BCUT2D eigenvalue weighted by Crippen LogP contribution is -2.22. The maximum atomic E-state index is 12.3. The second-order valence-corrected chi connectivity index (χ2v) is 5.59. The topological polar surface area (TPSA) is 46.9 Å². The maximum absolute atomic E-state index is 12.3. The fourth-order valence-corrected chi connectivity index (χ4v) is 2.45. The molecule has 3 rings (SSSR count). The first-order chi connectivity index (χ1) is 10.5. The van der Waals surface area contributed by atoms with Crippen molar-refractivity contribution in [1.82, 2.24) is 14.9 Å². The number of fused-ring (bicyclic) bond motifs is 1. The molecule has 0 atom stereocenters. The smallest absolute Gasteiger partial charge is 0.251 e. The number of imidazole rings is 1. The molecule has 1 aromatic heterocycles. The average Bonchev–Trinajstić information content (AvgIpc) is 2.80. The van der Waals surface area contributed by atoms with Gasteiger partial charge in [-0.25, -0.2) is 4.98 Å². The van der Waals surface area contributed by atoms with E-state index in [1.54, 1.807) is 0 Å². The van der Waals surface area contributed by atoms with Crippen LogP contribution in [0.5, 0.6) is 0 Å². The average molecular weight is 293 g/mol. The molecule has 1 amide bonds. The molecule has 22 heavy (non-hydrogen) atoms. The van der Waals surface area contributed by atoms with E-state index in [0.717, 1.165) is 22.4 Å². The van der Waals surface area contributed by atoms with Crippen LogP contribution in [0.3, 0.4) is 0 Å². The third-order valence-electron chi connectivity index (χ3n) is 3.94. The number of rotatable bonds is 3. The van der Waals surface area contributed by atoms with Gasteiger partial charge in [-0.1, -0.05) is 29.8 Å². The molecule has 2 aromatic carbocycles. The Hall–Kier alpha value is -2.62. The summed E-state index contributed by atoms with van der Waals surface area (Å²) in [5.41, 5.74) is 4.83. The van der Waals surface area contributed by atoms with Crippen molar-refractivity contribution in [3.63, 3.8) is 0 Å². The molecule has 0 bridgehead atoms. The molecule has 0 aliphatic rings. The zero-order valence-electron chi connectivity index (χ0n) is 13.1. The zero-order valence-corrected chi connectivity index (χ0v) is 13.1. The molecule has 1 N–H and O–H groups in total. The molecule has 0 saturated carbocycles. The van der Waals surface area contributed by atoms with Gasteiger partial charge in [0.1, 0.15) is 5.82 Å². The van der Waals surface area contributed by atoms with Crippen LogP contribution in [0.25, 0.3) is 11.0 Å². The van der Waals surface area contributed by atoms with Crippen molar-refractivity contribution in [2.24, 2.45) is 7.05 Å². The van der Waals surface area contributed by atoms with E-state index in [1.165, 1.54) is 5.56 Å². The number of benzene rings is 2. The van der Waals surface area contributed by atoms with Gasteiger partial charge in [0.2, 0.25) is 0 Å².